The normalized spacial score (nSPS) is 30.1. The van der Waals surface area contributed by atoms with Crippen LogP contribution >= 0.6 is 0 Å². The Labute approximate surface area is 119 Å². The Morgan fingerprint density at radius 3 is 2.60 bits per heavy atom. The molecule has 0 N–H and O–H groups in total. The van der Waals surface area contributed by atoms with Gasteiger partial charge in [0.15, 0.2) is 0 Å². The quantitative estimate of drug-likeness (QED) is 0.816. The summed E-state index contributed by atoms with van der Waals surface area (Å²) in [6.07, 6.45) is 4.13. The molecule has 0 aliphatic carbocycles. The summed E-state index contributed by atoms with van der Waals surface area (Å²) in [4.78, 5) is 0. The van der Waals surface area contributed by atoms with Crippen molar-refractivity contribution in [2.45, 2.75) is 31.5 Å². The summed E-state index contributed by atoms with van der Waals surface area (Å²) in [7, 11) is 0. The highest BCUT2D eigenvalue weighted by Gasteiger charge is 2.37. The van der Waals surface area contributed by atoms with Gasteiger partial charge in [0.2, 0.25) is 0 Å². The fourth-order valence-electron chi connectivity index (χ4n) is 3.66. The van der Waals surface area contributed by atoms with Crippen molar-refractivity contribution in [3.63, 3.8) is 0 Å². The van der Waals surface area contributed by atoms with Gasteiger partial charge >= 0.3 is 0 Å². The average molecular weight is 268 g/mol. The first kappa shape index (κ1) is 12.4. The Kier molecular flexibility index (Phi) is 3.21. The first-order valence-corrected chi connectivity index (χ1v) is 7.64. The zero-order chi connectivity index (χ0) is 13.4. The minimum atomic E-state index is 0.211. The largest absolute Gasteiger partial charge is 0.378 e. The van der Waals surface area contributed by atoms with E-state index in [0.29, 0.717) is 12.0 Å². The van der Waals surface area contributed by atoms with Crippen molar-refractivity contribution >= 4 is 10.8 Å². The summed E-state index contributed by atoms with van der Waals surface area (Å²) in [5.41, 5.74) is 1.31. The maximum atomic E-state index is 6.03. The molecule has 2 fully saturated rings. The Morgan fingerprint density at radius 1 is 0.850 bits per heavy atom. The molecule has 0 amide bonds. The summed E-state index contributed by atoms with van der Waals surface area (Å²) < 4.78 is 11.9. The molecule has 2 aliphatic rings. The van der Waals surface area contributed by atoms with E-state index < -0.39 is 0 Å². The third-order valence-corrected chi connectivity index (χ3v) is 4.68. The van der Waals surface area contributed by atoms with E-state index in [-0.39, 0.29) is 6.10 Å². The Balaban J connectivity index is 1.66. The molecule has 20 heavy (non-hydrogen) atoms. The maximum Gasteiger partial charge on any atom is 0.0878 e. The second kappa shape index (κ2) is 5.19. The lowest BCUT2D eigenvalue weighted by Crippen LogP contribution is -2.22. The summed E-state index contributed by atoms with van der Waals surface area (Å²) in [5.74, 6) is 0.527. The van der Waals surface area contributed by atoms with Crippen LogP contribution in [-0.2, 0) is 9.47 Å². The number of ether oxygens (including phenoxy) is 2. The third-order valence-electron chi connectivity index (χ3n) is 4.68. The van der Waals surface area contributed by atoms with E-state index >= 15 is 0 Å². The van der Waals surface area contributed by atoms with Crippen LogP contribution in [0, 0.1) is 5.92 Å². The predicted octanol–water partition coefficient (Wildman–Crippen LogP) is 4.10. The van der Waals surface area contributed by atoms with Gasteiger partial charge in [-0.15, -0.1) is 0 Å². The number of hydrogen-bond acceptors (Lipinski definition) is 2. The van der Waals surface area contributed by atoms with Gasteiger partial charge in [-0.25, -0.2) is 0 Å². The first-order chi connectivity index (χ1) is 9.92. The lowest BCUT2D eigenvalue weighted by Gasteiger charge is -2.24. The Bertz CT molecular complexity index is 601. The lowest BCUT2D eigenvalue weighted by atomic mass is 9.88. The lowest BCUT2D eigenvalue weighted by molar-refractivity contribution is 0.0147. The molecule has 0 spiro atoms. The monoisotopic (exact) mass is 268 g/mol. The van der Waals surface area contributed by atoms with E-state index in [1.54, 1.807) is 0 Å². The highest BCUT2D eigenvalue weighted by molar-refractivity contribution is 5.83. The Morgan fingerprint density at radius 2 is 1.75 bits per heavy atom. The summed E-state index contributed by atoms with van der Waals surface area (Å²) in [6.45, 7) is 1.79. The van der Waals surface area contributed by atoms with Crippen molar-refractivity contribution < 1.29 is 9.47 Å². The van der Waals surface area contributed by atoms with Crippen molar-refractivity contribution in [2.75, 3.05) is 13.2 Å². The van der Waals surface area contributed by atoms with E-state index in [0.717, 1.165) is 19.6 Å². The van der Waals surface area contributed by atoms with Gasteiger partial charge in [-0.3, -0.25) is 0 Å². The molecule has 2 heteroatoms. The molecule has 4 rings (SSSR count). The molecule has 0 aromatic heterocycles. The van der Waals surface area contributed by atoms with Gasteiger partial charge in [-0.1, -0.05) is 36.4 Å². The van der Waals surface area contributed by atoms with Gasteiger partial charge in [-0.05, 0) is 41.7 Å². The standard InChI is InChI=1S/C18H20O2/c1-2-5-14-12-15(8-7-13(14)4-1)18-16(9-11-20-18)17-6-3-10-19-17/h1-2,4-5,7-8,12,16-18H,3,6,9-11H2/t16-,17+,18+/m1/s1. The van der Waals surface area contributed by atoms with Crippen molar-refractivity contribution in [1.29, 1.82) is 0 Å². The molecule has 0 radical (unpaired) electrons. The van der Waals surface area contributed by atoms with Crippen LogP contribution in [0.1, 0.15) is 30.9 Å². The zero-order valence-electron chi connectivity index (χ0n) is 11.6. The minimum absolute atomic E-state index is 0.211. The van der Waals surface area contributed by atoms with E-state index in [1.165, 1.54) is 29.2 Å². The fraction of sp³-hybridized carbons (Fsp3) is 0.444. The van der Waals surface area contributed by atoms with Gasteiger partial charge in [0, 0.05) is 19.1 Å². The molecule has 2 heterocycles. The highest BCUT2D eigenvalue weighted by Crippen LogP contribution is 2.41. The molecule has 0 bridgehead atoms. The number of rotatable bonds is 2. The number of fused-ring (bicyclic) bond motifs is 1. The topological polar surface area (TPSA) is 18.5 Å². The second-order valence-electron chi connectivity index (χ2n) is 5.90. The second-order valence-corrected chi connectivity index (χ2v) is 5.90. The van der Waals surface area contributed by atoms with Crippen molar-refractivity contribution in [1.82, 2.24) is 0 Å². The maximum absolute atomic E-state index is 6.03. The van der Waals surface area contributed by atoms with Gasteiger partial charge in [0.25, 0.3) is 0 Å². The summed E-state index contributed by atoms with van der Waals surface area (Å²) in [5, 5.41) is 2.59. The van der Waals surface area contributed by atoms with Gasteiger partial charge < -0.3 is 9.47 Å². The smallest absolute Gasteiger partial charge is 0.0878 e. The van der Waals surface area contributed by atoms with Crippen LogP contribution in [-0.4, -0.2) is 19.3 Å². The Hall–Kier alpha value is -1.38. The molecule has 2 saturated heterocycles. The van der Waals surface area contributed by atoms with Crippen molar-refractivity contribution in [2.24, 2.45) is 5.92 Å². The molecule has 3 atom stereocenters. The molecule has 2 aromatic carbocycles. The molecular weight excluding hydrogens is 248 g/mol. The summed E-state index contributed by atoms with van der Waals surface area (Å²) in [6, 6.07) is 15.2. The fourth-order valence-corrected chi connectivity index (χ4v) is 3.66. The van der Waals surface area contributed by atoms with Crippen LogP contribution in [0.5, 0.6) is 0 Å². The van der Waals surface area contributed by atoms with E-state index in [9.17, 15) is 0 Å². The minimum Gasteiger partial charge on any atom is -0.378 e. The van der Waals surface area contributed by atoms with Crippen LogP contribution in [0.25, 0.3) is 10.8 Å². The van der Waals surface area contributed by atoms with Gasteiger partial charge in [-0.2, -0.15) is 0 Å². The van der Waals surface area contributed by atoms with E-state index in [2.05, 4.69) is 42.5 Å². The molecule has 104 valence electrons. The highest BCUT2D eigenvalue weighted by atomic mass is 16.5. The first-order valence-electron chi connectivity index (χ1n) is 7.64. The van der Waals surface area contributed by atoms with Crippen LogP contribution in [0.4, 0.5) is 0 Å². The molecule has 2 aromatic rings. The third kappa shape index (κ3) is 2.13. The van der Waals surface area contributed by atoms with Gasteiger partial charge in [0.05, 0.1) is 12.2 Å². The number of benzene rings is 2. The summed E-state index contributed by atoms with van der Waals surface area (Å²) >= 11 is 0. The molecule has 2 aliphatic heterocycles. The molecular formula is C18H20O2. The molecule has 2 nitrogen and oxygen atoms in total. The van der Waals surface area contributed by atoms with Crippen LogP contribution < -0.4 is 0 Å². The van der Waals surface area contributed by atoms with Crippen LogP contribution in [0.3, 0.4) is 0 Å². The predicted molar refractivity (Wildman–Crippen MR) is 79.7 cm³/mol. The van der Waals surface area contributed by atoms with Crippen LogP contribution in [0.2, 0.25) is 0 Å². The zero-order valence-corrected chi connectivity index (χ0v) is 11.6. The van der Waals surface area contributed by atoms with Crippen molar-refractivity contribution in [3.05, 3.63) is 48.0 Å². The molecule has 0 unspecified atom stereocenters. The molecule has 0 saturated carbocycles. The van der Waals surface area contributed by atoms with Crippen molar-refractivity contribution in [3.8, 4) is 0 Å². The van der Waals surface area contributed by atoms with Gasteiger partial charge in [0.1, 0.15) is 0 Å². The SMILES string of the molecule is c1ccc2cc([C@@H]3OCC[C@@H]3[C@@H]3CCCO3)ccc2c1. The number of hydrogen-bond donors (Lipinski definition) is 0. The average Bonchev–Trinajstić information content (AvgIpc) is 3.17. The van der Waals surface area contributed by atoms with Crippen LogP contribution in [0.15, 0.2) is 42.5 Å². The van der Waals surface area contributed by atoms with E-state index in [4.69, 9.17) is 9.47 Å². The van der Waals surface area contributed by atoms with E-state index in [1.807, 2.05) is 0 Å².